The maximum atomic E-state index is 13.6. The molecule has 9 nitrogen and oxygen atoms in total. The Kier molecular flexibility index (Phi) is 6.54. The lowest BCUT2D eigenvalue weighted by molar-refractivity contribution is -0.172. The number of anilines is 1. The molecule has 3 aromatic rings. The molecule has 1 aromatic carbocycles. The first-order chi connectivity index (χ1) is 18.7. The molecule has 0 bridgehead atoms. The Morgan fingerprint density at radius 3 is 2.67 bits per heavy atom. The zero-order valence-corrected chi connectivity index (χ0v) is 24.8. The van der Waals surface area contributed by atoms with E-state index in [1.54, 1.807) is 38.3 Å². The normalized spacial score (nSPS) is 18.0. The molecule has 0 spiro atoms. The van der Waals surface area contributed by atoms with Gasteiger partial charge in [0, 0.05) is 16.5 Å². The van der Waals surface area contributed by atoms with Crippen molar-refractivity contribution < 1.29 is 24.2 Å². The van der Waals surface area contributed by atoms with Crippen molar-refractivity contribution in [3.05, 3.63) is 64.0 Å². The zero-order chi connectivity index (χ0) is 29.2. The number of hydrogen-bond acceptors (Lipinski definition) is 7. The second kappa shape index (κ2) is 9.41. The number of cyclic esters (lactones) is 1. The van der Waals surface area contributed by atoms with Crippen molar-refractivity contribution in [1.82, 2.24) is 9.55 Å². The second-order valence-electron chi connectivity index (χ2n) is 12.2. The molecule has 0 fully saturated rings. The van der Waals surface area contributed by atoms with E-state index in [1.807, 2.05) is 24.3 Å². The van der Waals surface area contributed by atoms with Crippen LogP contribution in [0.5, 0.6) is 0 Å². The average molecular weight is 562 g/mol. The van der Waals surface area contributed by atoms with Crippen LogP contribution in [0.15, 0.2) is 41.7 Å². The van der Waals surface area contributed by atoms with Crippen molar-refractivity contribution in [3.63, 3.8) is 0 Å². The Bertz CT molecular complexity index is 1650. The van der Waals surface area contributed by atoms with Gasteiger partial charge in [-0.25, -0.2) is 14.6 Å². The molecule has 5 rings (SSSR count). The van der Waals surface area contributed by atoms with Crippen LogP contribution >= 0.6 is 0 Å². The number of carbonyl (C=O) groups excluding carboxylic acids is 2. The van der Waals surface area contributed by atoms with Gasteiger partial charge in [0.15, 0.2) is 5.60 Å². The molecular weight excluding hydrogens is 526 g/mol. The quantitative estimate of drug-likeness (QED) is 0.209. The fourth-order valence-corrected chi connectivity index (χ4v) is 7.91. The van der Waals surface area contributed by atoms with Gasteiger partial charge in [0.1, 0.15) is 12.2 Å². The number of esters is 1. The highest BCUT2D eigenvalue weighted by Gasteiger charge is 2.45. The third-order valence-corrected chi connectivity index (χ3v) is 10.9. The van der Waals surface area contributed by atoms with Gasteiger partial charge in [-0.05, 0) is 56.6 Å². The van der Waals surface area contributed by atoms with Gasteiger partial charge in [0.2, 0.25) is 0 Å². The number of nitrogens with zero attached hydrogens (tertiary/aromatic N) is 2. The molecule has 2 aliphatic rings. The number of pyridine rings is 2. The minimum atomic E-state index is -2.04. The van der Waals surface area contributed by atoms with Crippen molar-refractivity contribution in [2.75, 3.05) is 5.32 Å². The number of nitrogens with one attached hydrogen (secondary N) is 1. The average Bonchev–Trinajstić information content (AvgIpc) is 3.22. The molecule has 0 aliphatic carbocycles. The molecule has 10 heteroatoms. The van der Waals surface area contributed by atoms with Crippen LogP contribution in [0, 0.1) is 0 Å². The molecule has 0 saturated heterocycles. The van der Waals surface area contributed by atoms with E-state index in [2.05, 4.69) is 25.0 Å². The van der Waals surface area contributed by atoms with E-state index in [-0.39, 0.29) is 36.3 Å². The number of aromatic nitrogens is 2. The first kappa shape index (κ1) is 27.8. The summed E-state index contributed by atoms with van der Waals surface area (Å²) in [5, 5.41) is 15.9. The summed E-state index contributed by atoms with van der Waals surface area (Å²) in [6.45, 7) is 15.6. The summed E-state index contributed by atoms with van der Waals surface area (Å²) in [6.07, 6.45) is 1.43. The lowest BCUT2D eigenvalue weighted by Gasteiger charge is -2.31. The highest BCUT2D eigenvalue weighted by molar-refractivity contribution is 6.91. The molecule has 0 radical (unpaired) electrons. The van der Waals surface area contributed by atoms with Crippen LogP contribution in [-0.2, 0) is 33.0 Å². The van der Waals surface area contributed by atoms with Gasteiger partial charge in [-0.15, -0.1) is 6.58 Å². The number of rotatable bonds is 5. The van der Waals surface area contributed by atoms with E-state index in [1.165, 1.54) is 0 Å². The SMILES string of the molecule is C=CC[Si](C)(C)c1ccc(NC(=O)OC(C)(C)C)c2cc3c(nc12)-c1cc2c(c(=O)n1C3)COC(=O)[C@]2(O)CC. The predicted octanol–water partition coefficient (Wildman–Crippen LogP) is 4.53. The van der Waals surface area contributed by atoms with Crippen molar-refractivity contribution in [2.45, 2.75) is 77.6 Å². The van der Waals surface area contributed by atoms with E-state index in [4.69, 9.17) is 14.5 Å². The summed E-state index contributed by atoms with van der Waals surface area (Å²) in [4.78, 5) is 43.9. The first-order valence-electron chi connectivity index (χ1n) is 13.5. The summed E-state index contributed by atoms with van der Waals surface area (Å²) in [6, 6.07) is 8.38. The smallest absolute Gasteiger partial charge is 0.412 e. The zero-order valence-electron chi connectivity index (χ0n) is 23.8. The molecule has 2 aliphatic heterocycles. The summed E-state index contributed by atoms with van der Waals surface area (Å²) < 4.78 is 12.3. The van der Waals surface area contributed by atoms with Crippen LogP contribution in [0.4, 0.5) is 10.5 Å². The number of hydrogen-bond donors (Lipinski definition) is 2. The molecule has 1 amide bonds. The van der Waals surface area contributed by atoms with Crippen molar-refractivity contribution in [1.29, 1.82) is 0 Å². The van der Waals surface area contributed by atoms with Crippen molar-refractivity contribution >= 4 is 41.9 Å². The number of fused-ring (bicyclic) bond motifs is 5. The number of aliphatic hydroxyl groups is 1. The third kappa shape index (κ3) is 4.45. The van der Waals surface area contributed by atoms with Gasteiger partial charge in [-0.2, -0.15) is 0 Å². The monoisotopic (exact) mass is 561 g/mol. The second-order valence-corrected chi connectivity index (χ2v) is 16.9. The van der Waals surface area contributed by atoms with E-state index in [0.29, 0.717) is 17.1 Å². The van der Waals surface area contributed by atoms with Crippen LogP contribution < -0.4 is 16.1 Å². The molecule has 2 N–H and O–H groups in total. The van der Waals surface area contributed by atoms with E-state index in [9.17, 15) is 19.5 Å². The number of ether oxygens (including phenoxy) is 2. The van der Waals surface area contributed by atoms with Crippen molar-refractivity contribution in [3.8, 4) is 11.4 Å². The fourth-order valence-electron chi connectivity index (χ4n) is 5.61. The lowest BCUT2D eigenvalue weighted by atomic mass is 9.86. The Balaban J connectivity index is 1.74. The standard InChI is InChI=1S/C30H35N3O6Si/c1-8-12-40(6,7)23-11-10-21(31-28(36)39-29(3,4)5)18-13-17-15-33-22(24(17)32-25(18)23)14-20-19(26(33)34)16-38-27(35)30(20,37)9-2/h8,10-11,13-14,37H,1,9,12,15-16H2,2-7H3,(H,31,36)/t30-/m0/s1. The van der Waals surface area contributed by atoms with Gasteiger partial charge in [-0.1, -0.05) is 32.2 Å². The Labute approximate surface area is 233 Å². The van der Waals surface area contributed by atoms with Gasteiger partial charge < -0.3 is 19.1 Å². The van der Waals surface area contributed by atoms with Gasteiger partial charge in [0.05, 0.1) is 42.8 Å². The van der Waals surface area contributed by atoms with Crippen LogP contribution in [-0.4, -0.2) is 40.4 Å². The van der Waals surface area contributed by atoms with Crippen LogP contribution in [0.1, 0.15) is 50.8 Å². The number of amides is 1. The van der Waals surface area contributed by atoms with Crippen LogP contribution in [0.3, 0.4) is 0 Å². The van der Waals surface area contributed by atoms with Crippen LogP contribution in [0.25, 0.3) is 22.3 Å². The largest absolute Gasteiger partial charge is 0.458 e. The van der Waals surface area contributed by atoms with Crippen molar-refractivity contribution in [2.24, 2.45) is 0 Å². The van der Waals surface area contributed by atoms with E-state index >= 15 is 0 Å². The molecule has 1 atom stereocenters. The molecule has 210 valence electrons. The number of carbonyl (C=O) groups is 2. The molecule has 0 saturated carbocycles. The predicted molar refractivity (Wildman–Crippen MR) is 157 cm³/mol. The van der Waals surface area contributed by atoms with Gasteiger partial charge in [0.25, 0.3) is 5.56 Å². The molecular formula is C30H35N3O6Si. The summed E-state index contributed by atoms with van der Waals surface area (Å²) in [5.41, 5.74) is 0.933. The molecule has 2 aromatic heterocycles. The highest BCUT2D eigenvalue weighted by atomic mass is 28.3. The lowest BCUT2D eigenvalue weighted by Crippen LogP contribution is -2.44. The highest BCUT2D eigenvalue weighted by Crippen LogP contribution is 2.39. The van der Waals surface area contributed by atoms with E-state index < -0.39 is 31.3 Å². The fraction of sp³-hybridized carbons (Fsp3) is 0.400. The third-order valence-electron chi connectivity index (χ3n) is 7.70. The van der Waals surface area contributed by atoms with Crippen LogP contribution in [0.2, 0.25) is 19.1 Å². The summed E-state index contributed by atoms with van der Waals surface area (Å²) >= 11 is 0. The van der Waals surface area contributed by atoms with E-state index in [0.717, 1.165) is 27.7 Å². The summed E-state index contributed by atoms with van der Waals surface area (Å²) in [7, 11) is -2.04. The summed E-state index contributed by atoms with van der Waals surface area (Å²) in [5.74, 6) is -0.756. The maximum Gasteiger partial charge on any atom is 0.412 e. The molecule has 0 unspecified atom stereocenters. The number of allylic oxidation sites excluding steroid dienone is 1. The maximum absolute atomic E-state index is 13.6. The Hall–Kier alpha value is -3.76. The first-order valence-corrected chi connectivity index (χ1v) is 16.7. The minimum absolute atomic E-state index is 0.0743. The van der Waals surface area contributed by atoms with Gasteiger partial charge in [-0.3, -0.25) is 10.1 Å². The molecule has 4 heterocycles. The minimum Gasteiger partial charge on any atom is -0.458 e. The Morgan fingerprint density at radius 1 is 1.30 bits per heavy atom. The number of benzene rings is 1. The Morgan fingerprint density at radius 2 is 2.02 bits per heavy atom. The van der Waals surface area contributed by atoms with Gasteiger partial charge >= 0.3 is 12.1 Å². The molecule has 40 heavy (non-hydrogen) atoms. The topological polar surface area (TPSA) is 120 Å².